The largest absolute Gasteiger partial charge is 0.374 e. The van der Waals surface area contributed by atoms with Gasteiger partial charge in [-0.1, -0.05) is 59.3 Å². The first kappa shape index (κ1) is 19.0. The van der Waals surface area contributed by atoms with Gasteiger partial charge in [0, 0.05) is 12.6 Å². The highest BCUT2D eigenvalue weighted by molar-refractivity contribution is 4.95. The van der Waals surface area contributed by atoms with Crippen molar-refractivity contribution in [3.05, 3.63) is 0 Å². The lowest BCUT2D eigenvalue weighted by atomic mass is 9.80. The Balaban J connectivity index is 2.81. The maximum Gasteiger partial charge on any atom is 0.0834 e. The summed E-state index contributed by atoms with van der Waals surface area (Å²) >= 11 is 0. The summed E-state index contributed by atoms with van der Waals surface area (Å²) in [6.07, 6.45) is 13.1. The van der Waals surface area contributed by atoms with Crippen LogP contribution in [0.15, 0.2) is 0 Å². The fourth-order valence-corrected chi connectivity index (χ4v) is 4.02. The average Bonchev–Trinajstić information content (AvgIpc) is 2.70. The van der Waals surface area contributed by atoms with Crippen LogP contribution in [0.1, 0.15) is 91.9 Å². The first-order valence-electron chi connectivity index (χ1n) is 9.55. The standard InChI is InChI=1S/C19H39NO/c1-5-12-17(4)16-18(20-15-6-2)19(21-7-3)13-10-8-9-11-14-19/h17-18,20H,5-16H2,1-4H3. The van der Waals surface area contributed by atoms with Crippen LogP contribution in [0.3, 0.4) is 0 Å². The molecule has 1 fully saturated rings. The van der Waals surface area contributed by atoms with Gasteiger partial charge in [-0.05, 0) is 45.1 Å². The van der Waals surface area contributed by atoms with Crippen LogP contribution < -0.4 is 5.32 Å². The predicted molar refractivity (Wildman–Crippen MR) is 92.8 cm³/mol. The zero-order chi connectivity index (χ0) is 15.6. The Morgan fingerprint density at radius 3 is 2.19 bits per heavy atom. The van der Waals surface area contributed by atoms with Crippen molar-refractivity contribution in [3.63, 3.8) is 0 Å². The van der Waals surface area contributed by atoms with E-state index in [2.05, 4.69) is 33.0 Å². The molecule has 0 saturated heterocycles. The first-order valence-corrected chi connectivity index (χ1v) is 9.55. The summed E-state index contributed by atoms with van der Waals surface area (Å²) in [6, 6.07) is 0.539. The third-order valence-electron chi connectivity index (χ3n) is 5.08. The molecule has 1 rings (SSSR count). The van der Waals surface area contributed by atoms with Crippen molar-refractivity contribution in [2.45, 2.75) is 104 Å². The second-order valence-electron chi connectivity index (χ2n) is 7.05. The lowest BCUT2D eigenvalue weighted by Gasteiger charge is -2.42. The molecule has 0 spiro atoms. The lowest BCUT2D eigenvalue weighted by molar-refractivity contribution is -0.0813. The molecule has 0 aliphatic heterocycles. The molecule has 2 atom stereocenters. The monoisotopic (exact) mass is 297 g/mol. The molecule has 0 aromatic rings. The van der Waals surface area contributed by atoms with Crippen molar-refractivity contribution in [1.82, 2.24) is 5.32 Å². The Bertz CT molecular complexity index is 246. The van der Waals surface area contributed by atoms with Gasteiger partial charge in [0.25, 0.3) is 0 Å². The van der Waals surface area contributed by atoms with Gasteiger partial charge in [0.15, 0.2) is 0 Å². The molecule has 0 radical (unpaired) electrons. The topological polar surface area (TPSA) is 21.3 Å². The van der Waals surface area contributed by atoms with Crippen LogP contribution in [0.25, 0.3) is 0 Å². The Morgan fingerprint density at radius 1 is 1.00 bits per heavy atom. The van der Waals surface area contributed by atoms with Crippen LogP contribution >= 0.6 is 0 Å². The number of rotatable bonds is 10. The highest BCUT2D eigenvalue weighted by Crippen LogP contribution is 2.36. The van der Waals surface area contributed by atoms with Gasteiger partial charge in [0.1, 0.15) is 0 Å². The van der Waals surface area contributed by atoms with Crippen LogP contribution in [0.5, 0.6) is 0 Å². The van der Waals surface area contributed by atoms with Gasteiger partial charge in [0.2, 0.25) is 0 Å². The van der Waals surface area contributed by atoms with Crippen molar-refractivity contribution < 1.29 is 4.74 Å². The van der Waals surface area contributed by atoms with E-state index in [-0.39, 0.29) is 5.60 Å². The molecule has 1 aliphatic rings. The maximum atomic E-state index is 6.43. The SMILES string of the molecule is CCCNC(CC(C)CCC)C1(OCC)CCCCCC1. The molecule has 2 nitrogen and oxygen atoms in total. The van der Waals surface area contributed by atoms with Crippen molar-refractivity contribution in [1.29, 1.82) is 0 Å². The van der Waals surface area contributed by atoms with Crippen LogP contribution in [0.4, 0.5) is 0 Å². The van der Waals surface area contributed by atoms with E-state index in [9.17, 15) is 0 Å². The van der Waals surface area contributed by atoms with Crippen molar-refractivity contribution in [2.75, 3.05) is 13.2 Å². The van der Waals surface area contributed by atoms with Crippen LogP contribution in [0, 0.1) is 5.92 Å². The van der Waals surface area contributed by atoms with Gasteiger partial charge in [-0.15, -0.1) is 0 Å². The van der Waals surface area contributed by atoms with E-state index >= 15 is 0 Å². The third kappa shape index (κ3) is 6.28. The molecule has 0 amide bonds. The Kier molecular flexibility index (Phi) is 9.59. The summed E-state index contributed by atoms with van der Waals surface area (Å²) < 4.78 is 6.43. The van der Waals surface area contributed by atoms with Gasteiger partial charge >= 0.3 is 0 Å². The number of ether oxygens (including phenoxy) is 1. The normalized spacial score (nSPS) is 21.7. The summed E-state index contributed by atoms with van der Waals surface area (Å²) in [5.41, 5.74) is 0.0996. The van der Waals surface area contributed by atoms with Crippen LogP contribution in [-0.2, 0) is 4.74 Å². The van der Waals surface area contributed by atoms with E-state index in [4.69, 9.17) is 4.74 Å². The second kappa shape index (κ2) is 10.6. The minimum Gasteiger partial charge on any atom is -0.374 e. The van der Waals surface area contributed by atoms with Gasteiger partial charge < -0.3 is 10.1 Å². The smallest absolute Gasteiger partial charge is 0.0834 e. The molecule has 2 unspecified atom stereocenters. The summed E-state index contributed by atoms with van der Waals surface area (Å²) in [5.74, 6) is 0.796. The summed E-state index contributed by atoms with van der Waals surface area (Å²) in [4.78, 5) is 0. The van der Waals surface area contributed by atoms with E-state index in [1.165, 1.54) is 64.2 Å². The maximum absolute atomic E-state index is 6.43. The molecule has 2 heteroatoms. The molecule has 0 heterocycles. The molecule has 0 aromatic heterocycles. The zero-order valence-corrected chi connectivity index (χ0v) is 15.0. The van der Waals surface area contributed by atoms with E-state index < -0.39 is 0 Å². The van der Waals surface area contributed by atoms with Crippen molar-refractivity contribution >= 4 is 0 Å². The molecule has 21 heavy (non-hydrogen) atoms. The van der Waals surface area contributed by atoms with Crippen molar-refractivity contribution in [2.24, 2.45) is 5.92 Å². The van der Waals surface area contributed by atoms with E-state index in [1.54, 1.807) is 0 Å². The average molecular weight is 298 g/mol. The molecule has 126 valence electrons. The predicted octanol–water partition coefficient (Wildman–Crippen LogP) is 5.31. The first-order chi connectivity index (χ1) is 10.2. The van der Waals surface area contributed by atoms with E-state index in [1.807, 2.05) is 0 Å². The molecule has 1 saturated carbocycles. The second-order valence-corrected chi connectivity index (χ2v) is 7.05. The van der Waals surface area contributed by atoms with Gasteiger partial charge in [0.05, 0.1) is 5.60 Å². The lowest BCUT2D eigenvalue weighted by Crippen LogP contribution is -2.53. The highest BCUT2D eigenvalue weighted by Gasteiger charge is 2.39. The van der Waals surface area contributed by atoms with Gasteiger partial charge in [-0.2, -0.15) is 0 Å². The Hall–Kier alpha value is -0.0800. The van der Waals surface area contributed by atoms with Crippen molar-refractivity contribution in [3.8, 4) is 0 Å². The van der Waals surface area contributed by atoms with E-state index in [0.717, 1.165) is 19.1 Å². The van der Waals surface area contributed by atoms with E-state index in [0.29, 0.717) is 6.04 Å². The van der Waals surface area contributed by atoms with Gasteiger partial charge in [-0.3, -0.25) is 0 Å². The molecule has 1 aliphatic carbocycles. The fourth-order valence-electron chi connectivity index (χ4n) is 4.02. The van der Waals surface area contributed by atoms with Gasteiger partial charge in [-0.25, -0.2) is 0 Å². The number of hydrogen-bond acceptors (Lipinski definition) is 2. The number of nitrogens with one attached hydrogen (secondary N) is 1. The minimum absolute atomic E-state index is 0.0996. The summed E-state index contributed by atoms with van der Waals surface area (Å²) in [5, 5.41) is 3.86. The Morgan fingerprint density at radius 2 is 1.67 bits per heavy atom. The molecule has 0 aromatic carbocycles. The summed E-state index contributed by atoms with van der Waals surface area (Å²) in [7, 11) is 0. The third-order valence-corrected chi connectivity index (χ3v) is 5.08. The molecule has 1 N–H and O–H groups in total. The quantitative estimate of drug-likeness (QED) is 0.552. The fraction of sp³-hybridized carbons (Fsp3) is 1.00. The minimum atomic E-state index is 0.0996. The molecular formula is C19H39NO. The number of hydrogen-bond donors (Lipinski definition) is 1. The van der Waals surface area contributed by atoms with Crippen LogP contribution in [0.2, 0.25) is 0 Å². The zero-order valence-electron chi connectivity index (χ0n) is 15.0. The molecule has 0 bridgehead atoms. The summed E-state index contributed by atoms with van der Waals surface area (Å²) in [6.45, 7) is 11.1. The highest BCUT2D eigenvalue weighted by atomic mass is 16.5. The Labute approximate surface area is 133 Å². The van der Waals surface area contributed by atoms with Crippen LogP contribution in [-0.4, -0.2) is 24.8 Å². The molecular weight excluding hydrogens is 258 g/mol.